The average molecular weight is 1140 g/mol. The fraction of sp³-hybridized carbons (Fsp3) is 0.938. The molecule has 0 spiro atoms. The van der Waals surface area contributed by atoms with E-state index in [1.54, 1.807) is 0 Å². The van der Waals surface area contributed by atoms with E-state index in [1.165, 1.54) is 218 Å². The lowest BCUT2D eigenvalue weighted by Crippen LogP contribution is -2.61. The van der Waals surface area contributed by atoms with Crippen LogP contribution in [0.4, 0.5) is 0 Å². The van der Waals surface area contributed by atoms with Gasteiger partial charge in [-0.3, -0.25) is 9.59 Å². The summed E-state index contributed by atoms with van der Waals surface area (Å²) in [5, 5.41) is 72.5. The third-order valence-corrected chi connectivity index (χ3v) is 16.2. The van der Waals surface area contributed by atoms with E-state index in [0.717, 1.165) is 32.1 Å². The van der Waals surface area contributed by atoms with Crippen molar-refractivity contribution >= 4 is 11.9 Å². The summed E-state index contributed by atoms with van der Waals surface area (Å²) >= 11 is 0. The number of aliphatic hydroxyl groups is 7. The van der Waals surface area contributed by atoms with Gasteiger partial charge in [0.05, 0.1) is 19.8 Å². The molecule has 0 aromatic rings. The quantitative estimate of drug-likeness (QED) is 0.0171. The van der Waals surface area contributed by atoms with Gasteiger partial charge in [0.1, 0.15) is 55.4 Å². The number of unbranched alkanes of at least 4 members (excludes halogenated alkanes) is 39. The Hall–Kier alpha value is -1.76. The smallest absolute Gasteiger partial charge is 0.306 e. The molecule has 0 aliphatic carbocycles. The van der Waals surface area contributed by atoms with Crippen LogP contribution in [0.5, 0.6) is 0 Å². The predicted molar refractivity (Wildman–Crippen MR) is 317 cm³/mol. The summed E-state index contributed by atoms with van der Waals surface area (Å²) in [6.45, 7) is 2.65. The Balaban J connectivity index is 1.70. The standard InChI is InChI=1S/C65H122O15/c1-3-5-7-9-11-13-15-17-19-21-23-25-26-28-30-32-34-36-38-40-42-44-46-48-57(68)78-53(51-76-64-63(74)61(72)59(70)55(80-64)52-77-65-62(73)60(71)58(69)54(49-66)79-65)50-75-56(67)47-45-43-41-39-37-35-33-31-29-27-24-22-20-18-16-14-12-10-8-6-4-2/h40,42,53-55,58-66,69-74H,3-39,41,43-52H2,1-2H3/b42-40+/t53-,54+,55+,58-,59-,60?,61?,62?,63?,64+,65+/m1/s1. The van der Waals surface area contributed by atoms with E-state index in [2.05, 4.69) is 26.0 Å². The van der Waals surface area contributed by atoms with Crippen LogP contribution in [0.25, 0.3) is 0 Å². The minimum Gasteiger partial charge on any atom is -0.462 e. The first-order valence-electron chi connectivity index (χ1n) is 33.3. The van der Waals surface area contributed by atoms with E-state index >= 15 is 0 Å². The first kappa shape index (κ1) is 74.3. The van der Waals surface area contributed by atoms with Gasteiger partial charge >= 0.3 is 11.9 Å². The monoisotopic (exact) mass is 1140 g/mol. The molecule has 0 aromatic carbocycles. The van der Waals surface area contributed by atoms with Gasteiger partial charge in [-0.2, -0.15) is 0 Å². The molecule has 0 bridgehead atoms. The summed E-state index contributed by atoms with van der Waals surface area (Å²) in [7, 11) is 0. The van der Waals surface area contributed by atoms with E-state index in [9.17, 15) is 45.3 Å². The summed E-state index contributed by atoms with van der Waals surface area (Å²) in [5.74, 6) is -0.941. The highest BCUT2D eigenvalue weighted by Gasteiger charge is 2.47. The molecule has 7 N–H and O–H groups in total. The van der Waals surface area contributed by atoms with E-state index < -0.39 is 92.7 Å². The molecular formula is C65H122O15. The van der Waals surface area contributed by atoms with Gasteiger partial charge in [-0.1, -0.05) is 264 Å². The van der Waals surface area contributed by atoms with E-state index in [1.807, 2.05) is 0 Å². The Morgan fingerprint density at radius 3 is 1.14 bits per heavy atom. The zero-order chi connectivity index (χ0) is 58.1. The second kappa shape index (κ2) is 51.6. The van der Waals surface area contributed by atoms with E-state index in [4.69, 9.17) is 28.4 Å². The molecule has 4 unspecified atom stereocenters. The van der Waals surface area contributed by atoms with Crippen LogP contribution in [0.1, 0.15) is 296 Å². The lowest BCUT2D eigenvalue weighted by atomic mass is 9.98. The van der Waals surface area contributed by atoms with Crippen LogP contribution in [0.3, 0.4) is 0 Å². The van der Waals surface area contributed by atoms with Crippen LogP contribution in [0.2, 0.25) is 0 Å². The van der Waals surface area contributed by atoms with Crippen molar-refractivity contribution in [3.8, 4) is 0 Å². The molecule has 2 heterocycles. The first-order valence-corrected chi connectivity index (χ1v) is 33.3. The molecular weight excluding hydrogens is 1020 g/mol. The number of hydrogen-bond donors (Lipinski definition) is 7. The number of carbonyl (C=O) groups is 2. The summed E-state index contributed by atoms with van der Waals surface area (Å²) in [5.41, 5.74) is 0. The molecule has 80 heavy (non-hydrogen) atoms. The van der Waals surface area contributed by atoms with Gasteiger partial charge < -0.3 is 64.2 Å². The number of esters is 2. The molecule has 0 radical (unpaired) electrons. The number of hydrogen-bond acceptors (Lipinski definition) is 15. The van der Waals surface area contributed by atoms with Crippen LogP contribution < -0.4 is 0 Å². The first-order chi connectivity index (χ1) is 39.0. The molecule has 11 atom stereocenters. The Morgan fingerprint density at radius 2 is 0.725 bits per heavy atom. The number of carbonyl (C=O) groups excluding carboxylic acids is 2. The minimum absolute atomic E-state index is 0.123. The van der Waals surface area contributed by atoms with E-state index in [0.29, 0.717) is 19.3 Å². The Labute approximate surface area is 486 Å². The van der Waals surface area contributed by atoms with Crippen LogP contribution in [0.15, 0.2) is 12.2 Å². The topological polar surface area (TPSA) is 231 Å². The largest absolute Gasteiger partial charge is 0.462 e. The molecule has 15 nitrogen and oxygen atoms in total. The molecule has 15 heteroatoms. The molecule has 2 rings (SSSR count). The molecule has 2 fully saturated rings. The molecule has 2 aliphatic heterocycles. The van der Waals surface area contributed by atoms with Gasteiger partial charge in [0.25, 0.3) is 0 Å². The molecule has 2 aliphatic rings. The summed E-state index contributed by atoms with van der Waals surface area (Å²) < 4.78 is 33.8. The molecule has 0 aromatic heterocycles. The van der Waals surface area contributed by atoms with Crippen molar-refractivity contribution in [3.63, 3.8) is 0 Å². The van der Waals surface area contributed by atoms with Crippen molar-refractivity contribution in [2.24, 2.45) is 0 Å². The summed E-state index contributed by atoms with van der Waals surface area (Å²) in [6.07, 6.45) is 41.1. The van der Waals surface area contributed by atoms with Gasteiger partial charge in [0.15, 0.2) is 18.7 Å². The Kier molecular flexibility index (Phi) is 48.0. The van der Waals surface area contributed by atoms with Crippen molar-refractivity contribution in [3.05, 3.63) is 12.2 Å². The van der Waals surface area contributed by atoms with Crippen molar-refractivity contribution in [1.82, 2.24) is 0 Å². The normalized spacial score (nSPS) is 23.7. The van der Waals surface area contributed by atoms with Crippen molar-refractivity contribution < 1.29 is 73.8 Å². The second-order valence-corrected chi connectivity index (χ2v) is 23.7. The maximum Gasteiger partial charge on any atom is 0.306 e. The predicted octanol–water partition coefficient (Wildman–Crippen LogP) is 12.8. The van der Waals surface area contributed by atoms with Gasteiger partial charge in [0, 0.05) is 12.8 Å². The molecule has 472 valence electrons. The summed E-state index contributed by atoms with van der Waals surface area (Å²) in [4.78, 5) is 26.0. The maximum atomic E-state index is 13.1. The van der Waals surface area contributed by atoms with Gasteiger partial charge in [-0.25, -0.2) is 0 Å². The lowest BCUT2D eigenvalue weighted by molar-refractivity contribution is -0.332. The SMILES string of the molecule is CCCCCCCCCCCCCCCCCCCC/C=C/CCCC(=O)O[C@H](COC(=O)CCCCCCCCCCCCCCCCCCCCCCC)CO[C@H]1O[C@@H](CO[C@H]2O[C@@H](CO)[C@@H](O)C(O)C2O)[C@@H](O)C(O)C1O. The van der Waals surface area contributed by atoms with Crippen LogP contribution >= 0.6 is 0 Å². The highest BCUT2D eigenvalue weighted by Crippen LogP contribution is 2.27. The number of allylic oxidation sites excluding steroid dienone is 2. The van der Waals surface area contributed by atoms with Gasteiger partial charge in [0.2, 0.25) is 0 Å². The average Bonchev–Trinajstić information content (AvgIpc) is 3.52. The van der Waals surface area contributed by atoms with Gasteiger partial charge in [-0.05, 0) is 32.1 Å². The molecule has 0 amide bonds. The number of aliphatic hydroxyl groups excluding tert-OH is 7. The van der Waals surface area contributed by atoms with Crippen molar-refractivity contribution in [2.75, 3.05) is 26.4 Å². The van der Waals surface area contributed by atoms with Crippen LogP contribution in [0, 0.1) is 0 Å². The highest BCUT2D eigenvalue weighted by atomic mass is 16.7. The van der Waals surface area contributed by atoms with E-state index in [-0.39, 0.29) is 26.1 Å². The third kappa shape index (κ3) is 37.5. The summed E-state index contributed by atoms with van der Waals surface area (Å²) in [6, 6.07) is 0. The maximum absolute atomic E-state index is 13.1. The van der Waals surface area contributed by atoms with Crippen LogP contribution in [-0.2, 0) is 38.0 Å². The highest BCUT2D eigenvalue weighted by molar-refractivity contribution is 5.70. The van der Waals surface area contributed by atoms with Crippen molar-refractivity contribution in [2.45, 2.75) is 364 Å². The second-order valence-electron chi connectivity index (χ2n) is 23.7. The fourth-order valence-electron chi connectivity index (χ4n) is 10.9. The van der Waals surface area contributed by atoms with Crippen LogP contribution in [-0.4, -0.2) is 142 Å². The minimum atomic E-state index is -1.77. The lowest BCUT2D eigenvalue weighted by Gasteiger charge is -2.42. The van der Waals surface area contributed by atoms with Crippen molar-refractivity contribution in [1.29, 1.82) is 0 Å². The number of rotatable bonds is 55. The number of ether oxygens (including phenoxy) is 6. The Morgan fingerprint density at radius 1 is 0.388 bits per heavy atom. The zero-order valence-electron chi connectivity index (χ0n) is 50.8. The van der Waals surface area contributed by atoms with Gasteiger partial charge in [-0.15, -0.1) is 0 Å². The Bertz CT molecular complexity index is 1440. The third-order valence-electron chi connectivity index (χ3n) is 16.2. The molecule has 0 saturated carbocycles. The zero-order valence-corrected chi connectivity index (χ0v) is 50.8. The fourth-order valence-corrected chi connectivity index (χ4v) is 10.9. The molecule has 2 saturated heterocycles.